The van der Waals surface area contributed by atoms with Crippen molar-refractivity contribution >= 4 is 15.7 Å². The van der Waals surface area contributed by atoms with Crippen LogP contribution < -0.4 is 4.72 Å². The Balaban J connectivity index is 1.52. The standard InChI is InChI=1S/C22H18N2O4S/c1-15-2-12-20(13-3-15)29(26,27)24-18-8-4-17(5-9-18)22-14-21(23-28-22)16-6-10-19(25)11-7-16/h2-14,24-25H,1H3. The lowest BCUT2D eigenvalue weighted by molar-refractivity contribution is 0.435. The van der Waals surface area contributed by atoms with Gasteiger partial charge in [-0.15, -0.1) is 0 Å². The molecular weight excluding hydrogens is 388 g/mol. The van der Waals surface area contributed by atoms with E-state index < -0.39 is 10.0 Å². The molecule has 2 N–H and O–H groups in total. The fourth-order valence-electron chi connectivity index (χ4n) is 2.81. The monoisotopic (exact) mass is 406 g/mol. The fraction of sp³-hybridized carbons (Fsp3) is 0.0455. The lowest BCUT2D eigenvalue weighted by Crippen LogP contribution is -2.12. The molecule has 0 saturated heterocycles. The first kappa shape index (κ1) is 18.8. The molecule has 6 nitrogen and oxygen atoms in total. The first-order chi connectivity index (χ1) is 13.9. The number of phenols is 1. The number of aromatic hydroxyl groups is 1. The summed E-state index contributed by atoms with van der Waals surface area (Å²) in [6, 6.07) is 22.0. The quantitative estimate of drug-likeness (QED) is 0.495. The number of hydrogen-bond donors (Lipinski definition) is 2. The van der Waals surface area contributed by atoms with E-state index >= 15 is 0 Å². The summed E-state index contributed by atoms with van der Waals surface area (Å²) in [6.45, 7) is 1.90. The molecule has 0 atom stereocenters. The number of nitrogens with zero attached hydrogens (tertiary/aromatic N) is 1. The molecule has 0 bridgehead atoms. The number of benzene rings is 3. The zero-order valence-electron chi connectivity index (χ0n) is 15.5. The zero-order valence-corrected chi connectivity index (χ0v) is 16.3. The summed E-state index contributed by atoms with van der Waals surface area (Å²) >= 11 is 0. The number of hydrogen-bond acceptors (Lipinski definition) is 5. The molecule has 0 saturated carbocycles. The van der Waals surface area contributed by atoms with Crippen molar-refractivity contribution in [2.75, 3.05) is 4.72 Å². The van der Waals surface area contributed by atoms with Crippen LogP contribution in [0.4, 0.5) is 5.69 Å². The molecule has 29 heavy (non-hydrogen) atoms. The van der Waals surface area contributed by atoms with E-state index in [2.05, 4.69) is 9.88 Å². The Morgan fingerprint density at radius 2 is 1.48 bits per heavy atom. The van der Waals surface area contributed by atoms with Crippen molar-refractivity contribution in [3.05, 3.63) is 84.4 Å². The normalized spacial score (nSPS) is 11.3. The maximum atomic E-state index is 12.5. The first-order valence-corrected chi connectivity index (χ1v) is 10.4. The number of phenolic OH excluding ortho intramolecular Hbond substituents is 1. The predicted molar refractivity (Wildman–Crippen MR) is 111 cm³/mol. The third-order valence-corrected chi connectivity index (χ3v) is 5.82. The lowest BCUT2D eigenvalue weighted by Gasteiger charge is -2.08. The number of aromatic nitrogens is 1. The highest BCUT2D eigenvalue weighted by molar-refractivity contribution is 7.92. The van der Waals surface area contributed by atoms with Crippen LogP contribution >= 0.6 is 0 Å². The molecule has 0 aliphatic carbocycles. The van der Waals surface area contributed by atoms with Crippen molar-refractivity contribution in [3.8, 4) is 28.3 Å². The Hall–Kier alpha value is -3.58. The minimum absolute atomic E-state index is 0.182. The number of anilines is 1. The molecule has 4 aromatic rings. The van der Waals surface area contributed by atoms with Gasteiger partial charge in [-0.3, -0.25) is 4.72 Å². The van der Waals surface area contributed by atoms with E-state index in [1.54, 1.807) is 78.9 Å². The summed E-state index contributed by atoms with van der Waals surface area (Å²) < 4.78 is 33.0. The maximum Gasteiger partial charge on any atom is 0.261 e. The topological polar surface area (TPSA) is 92.4 Å². The molecule has 3 aromatic carbocycles. The molecule has 146 valence electrons. The highest BCUT2D eigenvalue weighted by Crippen LogP contribution is 2.28. The smallest absolute Gasteiger partial charge is 0.261 e. The van der Waals surface area contributed by atoms with E-state index in [0.29, 0.717) is 17.1 Å². The summed E-state index contributed by atoms with van der Waals surface area (Å²) in [5, 5.41) is 13.4. The second-order valence-corrected chi connectivity index (χ2v) is 8.30. The van der Waals surface area contributed by atoms with E-state index in [0.717, 1.165) is 16.7 Å². The van der Waals surface area contributed by atoms with Crippen LogP contribution in [0, 0.1) is 6.92 Å². The van der Waals surface area contributed by atoms with E-state index in [1.807, 2.05) is 6.92 Å². The molecule has 0 fully saturated rings. The van der Waals surface area contributed by atoms with Crippen LogP contribution in [0.1, 0.15) is 5.56 Å². The van der Waals surface area contributed by atoms with Gasteiger partial charge < -0.3 is 9.63 Å². The number of nitrogens with one attached hydrogen (secondary N) is 1. The highest BCUT2D eigenvalue weighted by atomic mass is 32.2. The number of sulfonamides is 1. The van der Waals surface area contributed by atoms with Crippen molar-refractivity contribution in [2.45, 2.75) is 11.8 Å². The first-order valence-electron chi connectivity index (χ1n) is 8.87. The largest absolute Gasteiger partial charge is 0.508 e. The van der Waals surface area contributed by atoms with Crippen molar-refractivity contribution in [3.63, 3.8) is 0 Å². The van der Waals surface area contributed by atoms with Crippen molar-refractivity contribution in [1.82, 2.24) is 5.16 Å². The second-order valence-electron chi connectivity index (χ2n) is 6.62. The Morgan fingerprint density at radius 1 is 0.862 bits per heavy atom. The minimum Gasteiger partial charge on any atom is -0.508 e. The molecule has 0 amide bonds. The Labute approximate surface area is 168 Å². The van der Waals surface area contributed by atoms with Gasteiger partial charge in [0.1, 0.15) is 11.4 Å². The zero-order chi connectivity index (χ0) is 20.4. The average Bonchev–Trinajstić information content (AvgIpc) is 3.19. The van der Waals surface area contributed by atoms with Crippen LogP contribution in [0.5, 0.6) is 5.75 Å². The van der Waals surface area contributed by atoms with Crippen LogP contribution in [-0.4, -0.2) is 18.7 Å². The molecule has 1 aromatic heterocycles. The van der Waals surface area contributed by atoms with E-state index in [1.165, 1.54) is 0 Å². The third-order valence-electron chi connectivity index (χ3n) is 4.43. The van der Waals surface area contributed by atoms with E-state index in [4.69, 9.17) is 4.52 Å². The van der Waals surface area contributed by atoms with Gasteiger partial charge in [-0.25, -0.2) is 8.42 Å². The van der Waals surface area contributed by atoms with Gasteiger partial charge >= 0.3 is 0 Å². The van der Waals surface area contributed by atoms with Crippen molar-refractivity contribution in [1.29, 1.82) is 0 Å². The van der Waals surface area contributed by atoms with Gasteiger partial charge in [-0.2, -0.15) is 0 Å². The van der Waals surface area contributed by atoms with E-state index in [9.17, 15) is 13.5 Å². The molecule has 0 unspecified atom stereocenters. The molecule has 0 radical (unpaired) electrons. The van der Waals surface area contributed by atoms with Gasteiger partial charge in [0, 0.05) is 22.9 Å². The second kappa shape index (κ2) is 7.44. The van der Waals surface area contributed by atoms with E-state index in [-0.39, 0.29) is 10.6 Å². The minimum atomic E-state index is -3.65. The Bertz CT molecular complexity index is 1230. The predicted octanol–water partition coefficient (Wildman–Crippen LogP) is 4.82. The molecule has 0 aliphatic heterocycles. The fourth-order valence-corrected chi connectivity index (χ4v) is 3.87. The summed E-state index contributed by atoms with van der Waals surface area (Å²) in [5.74, 6) is 0.738. The van der Waals surface area contributed by atoms with Crippen LogP contribution in [0.15, 0.2) is 88.3 Å². The Morgan fingerprint density at radius 3 is 2.14 bits per heavy atom. The van der Waals surface area contributed by atoms with Gasteiger partial charge in [0.15, 0.2) is 5.76 Å². The van der Waals surface area contributed by atoms with Gasteiger partial charge in [-0.05, 0) is 67.6 Å². The maximum absolute atomic E-state index is 12.5. The Kier molecular flexibility index (Phi) is 4.82. The van der Waals surface area contributed by atoms with Crippen molar-refractivity contribution < 1.29 is 18.0 Å². The van der Waals surface area contributed by atoms with Crippen LogP contribution in [0.2, 0.25) is 0 Å². The molecule has 4 rings (SSSR count). The third kappa shape index (κ3) is 4.14. The molecule has 7 heteroatoms. The van der Waals surface area contributed by atoms with Gasteiger partial charge in [0.25, 0.3) is 10.0 Å². The number of aryl methyl sites for hydroxylation is 1. The van der Waals surface area contributed by atoms with Gasteiger partial charge in [-0.1, -0.05) is 22.9 Å². The summed E-state index contributed by atoms with van der Waals surface area (Å²) in [4.78, 5) is 0.209. The average molecular weight is 406 g/mol. The summed E-state index contributed by atoms with van der Waals surface area (Å²) in [6.07, 6.45) is 0. The number of rotatable bonds is 5. The SMILES string of the molecule is Cc1ccc(S(=O)(=O)Nc2ccc(-c3cc(-c4ccc(O)cc4)no3)cc2)cc1. The molecule has 1 heterocycles. The summed E-state index contributed by atoms with van der Waals surface area (Å²) in [7, 11) is -3.65. The molecular formula is C22H18N2O4S. The molecule has 0 aliphatic rings. The highest BCUT2D eigenvalue weighted by Gasteiger charge is 2.14. The van der Waals surface area contributed by atoms with Crippen molar-refractivity contribution in [2.24, 2.45) is 0 Å². The van der Waals surface area contributed by atoms with Gasteiger partial charge in [0.2, 0.25) is 0 Å². The van der Waals surface area contributed by atoms with Crippen LogP contribution in [0.25, 0.3) is 22.6 Å². The molecule has 0 spiro atoms. The van der Waals surface area contributed by atoms with Crippen LogP contribution in [0.3, 0.4) is 0 Å². The summed E-state index contributed by atoms with van der Waals surface area (Å²) in [5.41, 5.74) is 3.67. The lowest BCUT2D eigenvalue weighted by atomic mass is 10.1. The van der Waals surface area contributed by atoms with Crippen LogP contribution in [-0.2, 0) is 10.0 Å². The van der Waals surface area contributed by atoms with Gasteiger partial charge in [0.05, 0.1) is 4.90 Å².